The van der Waals surface area contributed by atoms with Gasteiger partial charge < -0.3 is 5.73 Å². The Morgan fingerprint density at radius 1 is 1.50 bits per heavy atom. The van der Waals surface area contributed by atoms with Gasteiger partial charge >= 0.3 is 0 Å². The number of halogens is 2. The molecule has 1 aromatic rings. The van der Waals surface area contributed by atoms with Crippen LogP contribution in [0.15, 0.2) is 12.1 Å². The molecule has 0 aliphatic carbocycles. The molecule has 0 radical (unpaired) electrons. The van der Waals surface area contributed by atoms with E-state index in [2.05, 4.69) is 4.98 Å². The number of hydrogen-bond donors (Lipinski definition) is 1. The van der Waals surface area contributed by atoms with Gasteiger partial charge in [-0.05, 0) is 12.1 Å². The molecule has 0 unspecified atom stereocenters. The van der Waals surface area contributed by atoms with E-state index in [9.17, 15) is 0 Å². The van der Waals surface area contributed by atoms with Crippen LogP contribution in [0.1, 0.15) is 5.69 Å². The third-order valence-corrected chi connectivity index (χ3v) is 1.57. The fraction of sp³-hybridized carbons (Fsp3) is 0.167. The Morgan fingerprint density at radius 2 is 2.20 bits per heavy atom. The Balaban J connectivity index is 3.09. The lowest BCUT2D eigenvalue weighted by atomic mass is 10.3. The van der Waals surface area contributed by atoms with Gasteiger partial charge in [-0.15, -0.1) is 11.6 Å². The molecular weight excluding hydrogens is 171 g/mol. The van der Waals surface area contributed by atoms with Crippen LogP contribution in [0.4, 0.5) is 5.69 Å². The van der Waals surface area contributed by atoms with Gasteiger partial charge in [0.1, 0.15) is 5.15 Å². The van der Waals surface area contributed by atoms with Crippen molar-refractivity contribution >= 4 is 28.9 Å². The van der Waals surface area contributed by atoms with Gasteiger partial charge in [0.2, 0.25) is 0 Å². The highest BCUT2D eigenvalue weighted by molar-refractivity contribution is 6.29. The normalized spacial score (nSPS) is 9.80. The van der Waals surface area contributed by atoms with Crippen molar-refractivity contribution in [3.63, 3.8) is 0 Å². The van der Waals surface area contributed by atoms with E-state index in [1.807, 2.05) is 0 Å². The first-order valence-corrected chi connectivity index (χ1v) is 3.62. The molecule has 0 bridgehead atoms. The van der Waals surface area contributed by atoms with Gasteiger partial charge in [0.15, 0.2) is 0 Å². The zero-order valence-corrected chi connectivity index (χ0v) is 6.65. The smallest absolute Gasteiger partial charge is 0.129 e. The van der Waals surface area contributed by atoms with E-state index < -0.39 is 0 Å². The molecule has 0 amide bonds. The molecule has 0 fully saturated rings. The molecular formula is C6H6Cl2N2. The molecule has 0 atom stereocenters. The van der Waals surface area contributed by atoms with Crippen LogP contribution in [0.5, 0.6) is 0 Å². The van der Waals surface area contributed by atoms with Crippen molar-refractivity contribution in [3.05, 3.63) is 23.0 Å². The molecule has 1 heterocycles. The van der Waals surface area contributed by atoms with Gasteiger partial charge in [-0.25, -0.2) is 4.98 Å². The quantitative estimate of drug-likeness (QED) is 0.526. The van der Waals surface area contributed by atoms with Crippen LogP contribution in [0.25, 0.3) is 0 Å². The minimum Gasteiger partial charge on any atom is -0.397 e. The Bertz CT molecular complexity index is 237. The summed E-state index contributed by atoms with van der Waals surface area (Å²) in [6.45, 7) is 0. The summed E-state index contributed by atoms with van der Waals surface area (Å²) in [6, 6.07) is 3.32. The average molecular weight is 177 g/mol. The summed E-state index contributed by atoms with van der Waals surface area (Å²) in [7, 11) is 0. The van der Waals surface area contributed by atoms with E-state index in [4.69, 9.17) is 28.9 Å². The minimum atomic E-state index is 0.298. The van der Waals surface area contributed by atoms with Gasteiger partial charge in [-0.1, -0.05) is 11.6 Å². The van der Waals surface area contributed by atoms with Crippen LogP contribution in [-0.4, -0.2) is 4.98 Å². The second kappa shape index (κ2) is 3.08. The van der Waals surface area contributed by atoms with Crippen LogP contribution in [0, 0.1) is 0 Å². The van der Waals surface area contributed by atoms with Crippen LogP contribution in [0.3, 0.4) is 0 Å². The van der Waals surface area contributed by atoms with E-state index in [1.165, 1.54) is 0 Å². The standard InChI is InChI=1S/C6H6Cl2N2/c7-3-5-4(9)1-2-6(8)10-5/h1-2H,3,9H2. The molecule has 2 N–H and O–H groups in total. The predicted molar refractivity (Wildman–Crippen MR) is 43.2 cm³/mol. The minimum absolute atomic E-state index is 0.298. The van der Waals surface area contributed by atoms with Gasteiger partial charge in [0.05, 0.1) is 17.3 Å². The van der Waals surface area contributed by atoms with Crippen molar-refractivity contribution in [2.24, 2.45) is 0 Å². The molecule has 0 spiro atoms. The van der Waals surface area contributed by atoms with Crippen molar-refractivity contribution in [2.75, 3.05) is 5.73 Å². The maximum atomic E-state index is 5.57. The van der Waals surface area contributed by atoms with Crippen molar-refractivity contribution in [3.8, 4) is 0 Å². The first kappa shape index (κ1) is 7.63. The SMILES string of the molecule is Nc1ccc(Cl)nc1CCl. The van der Waals surface area contributed by atoms with E-state index >= 15 is 0 Å². The van der Waals surface area contributed by atoms with Gasteiger partial charge in [-0.3, -0.25) is 0 Å². The van der Waals surface area contributed by atoms with Gasteiger partial charge in [0.25, 0.3) is 0 Å². The second-order valence-corrected chi connectivity index (χ2v) is 2.46. The van der Waals surface area contributed by atoms with E-state index in [0.717, 1.165) is 0 Å². The fourth-order valence-electron chi connectivity index (χ4n) is 0.593. The first-order valence-electron chi connectivity index (χ1n) is 2.71. The zero-order chi connectivity index (χ0) is 7.56. The lowest BCUT2D eigenvalue weighted by Crippen LogP contribution is -1.94. The summed E-state index contributed by atoms with van der Waals surface area (Å²) < 4.78 is 0. The van der Waals surface area contributed by atoms with Gasteiger partial charge in [-0.2, -0.15) is 0 Å². The molecule has 4 heteroatoms. The van der Waals surface area contributed by atoms with Crippen LogP contribution in [-0.2, 0) is 5.88 Å². The average Bonchev–Trinajstić information content (AvgIpc) is 1.94. The number of nitrogen functional groups attached to an aromatic ring is 1. The predicted octanol–water partition coefficient (Wildman–Crippen LogP) is 2.06. The van der Waals surface area contributed by atoms with Crippen LogP contribution in [0.2, 0.25) is 5.15 Å². The summed E-state index contributed by atoms with van der Waals surface area (Å²) in [5, 5.41) is 0.421. The number of hydrogen-bond acceptors (Lipinski definition) is 2. The fourth-order valence-corrected chi connectivity index (χ4v) is 0.972. The zero-order valence-electron chi connectivity index (χ0n) is 5.14. The molecule has 0 aliphatic rings. The van der Waals surface area contributed by atoms with E-state index in [0.29, 0.717) is 22.4 Å². The number of anilines is 1. The van der Waals surface area contributed by atoms with Gasteiger partial charge in [0, 0.05) is 0 Å². The molecule has 0 aliphatic heterocycles. The Morgan fingerprint density at radius 3 is 2.70 bits per heavy atom. The molecule has 0 aromatic carbocycles. The highest BCUT2D eigenvalue weighted by Crippen LogP contribution is 2.14. The highest BCUT2D eigenvalue weighted by Gasteiger charge is 1.98. The molecule has 10 heavy (non-hydrogen) atoms. The number of aromatic nitrogens is 1. The van der Waals surface area contributed by atoms with Crippen molar-refractivity contribution in [2.45, 2.75) is 5.88 Å². The number of pyridine rings is 1. The van der Waals surface area contributed by atoms with Crippen molar-refractivity contribution in [1.82, 2.24) is 4.98 Å². The third kappa shape index (κ3) is 1.52. The largest absolute Gasteiger partial charge is 0.397 e. The Hall–Kier alpha value is -0.470. The summed E-state index contributed by atoms with van der Waals surface area (Å²) in [5.74, 6) is 0.298. The maximum Gasteiger partial charge on any atom is 0.129 e. The molecule has 1 aromatic heterocycles. The molecule has 54 valence electrons. The monoisotopic (exact) mass is 176 g/mol. The summed E-state index contributed by atoms with van der Waals surface area (Å²) >= 11 is 11.1. The molecule has 2 nitrogen and oxygen atoms in total. The Kier molecular flexibility index (Phi) is 2.35. The van der Waals surface area contributed by atoms with Crippen LogP contribution >= 0.6 is 23.2 Å². The van der Waals surface area contributed by atoms with E-state index in [-0.39, 0.29) is 0 Å². The lowest BCUT2D eigenvalue weighted by Gasteiger charge is -1.98. The number of rotatable bonds is 1. The summed E-state index contributed by atoms with van der Waals surface area (Å²) in [4.78, 5) is 3.90. The Labute approximate surface area is 69.0 Å². The highest BCUT2D eigenvalue weighted by atomic mass is 35.5. The van der Waals surface area contributed by atoms with Crippen molar-refractivity contribution in [1.29, 1.82) is 0 Å². The molecule has 0 saturated carbocycles. The molecule has 0 saturated heterocycles. The lowest BCUT2D eigenvalue weighted by molar-refractivity contribution is 1.18. The first-order chi connectivity index (χ1) is 4.74. The second-order valence-electron chi connectivity index (χ2n) is 1.80. The summed E-state index contributed by atoms with van der Waals surface area (Å²) in [5.41, 5.74) is 6.71. The number of nitrogens with two attached hydrogens (primary N) is 1. The summed E-state index contributed by atoms with van der Waals surface area (Å²) in [6.07, 6.45) is 0. The third-order valence-electron chi connectivity index (χ3n) is 1.10. The molecule has 1 rings (SSSR count). The number of alkyl halides is 1. The van der Waals surface area contributed by atoms with Crippen molar-refractivity contribution < 1.29 is 0 Å². The number of nitrogens with zero attached hydrogens (tertiary/aromatic N) is 1. The van der Waals surface area contributed by atoms with E-state index in [1.54, 1.807) is 12.1 Å². The van der Waals surface area contributed by atoms with Crippen LogP contribution < -0.4 is 5.73 Å². The topological polar surface area (TPSA) is 38.9 Å². The maximum absolute atomic E-state index is 5.57.